The van der Waals surface area contributed by atoms with E-state index in [2.05, 4.69) is 43.3 Å². The van der Waals surface area contributed by atoms with E-state index in [0.29, 0.717) is 6.54 Å². The number of nitrogens with two attached hydrogens (primary N) is 1. The fourth-order valence-electron chi connectivity index (χ4n) is 2.07. The summed E-state index contributed by atoms with van der Waals surface area (Å²) in [4.78, 5) is 0. The predicted octanol–water partition coefficient (Wildman–Crippen LogP) is 3.15. The van der Waals surface area contributed by atoms with Gasteiger partial charge in [0.2, 0.25) is 0 Å². The summed E-state index contributed by atoms with van der Waals surface area (Å²) in [6, 6.07) is 6.26. The molecule has 0 amide bonds. The van der Waals surface area contributed by atoms with Gasteiger partial charge in [0.05, 0.1) is 6.20 Å². The number of aromatic nitrogens is 2. The normalized spacial score (nSPS) is 10.2. The summed E-state index contributed by atoms with van der Waals surface area (Å²) in [5.74, 6) is 0. The molecule has 18 heavy (non-hydrogen) atoms. The lowest BCUT2D eigenvalue weighted by Gasteiger charge is -2.07. The van der Waals surface area contributed by atoms with E-state index in [1.165, 1.54) is 22.3 Å². The minimum absolute atomic E-state index is 0. The zero-order valence-electron chi connectivity index (χ0n) is 10.9. The zero-order valence-corrected chi connectivity index (χ0v) is 11.7. The van der Waals surface area contributed by atoms with E-state index >= 15 is 0 Å². The Balaban J connectivity index is 0.00000162. The molecule has 2 N–H and O–H groups in total. The minimum Gasteiger partial charge on any atom is -0.326 e. The van der Waals surface area contributed by atoms with Crippen LogP contribution in [-0.2, 0) is 13.1 Å². The molecular formula is C14H20ClN3. The quantitative estimate of drug-likeness (QED) is 0.923. The lowest BCUT2D eigenvalue weighted by Crippen LogP contribution is -1.99. The van der Waals surface area contributed by atoms with Crippen LogP contribution in [0, 0.1) is 6.92 Å². The van der Waals surface area contributed by atoms with Crippen LogP contribution in [0.1, 0.15) is 24.5 Å². The van der Waals surface area contributed by atoms with E-state index in [1.807, 2.05) is 10.9 Å². The molecule has 0 saturated heterocycles. The molecule has 0 spiro atoms. The van der Waals surface area contributed by atoms with Crippen LogP contribution in [0.4, 0.5) is 0 Å². The van der Waals surface area contributed by atoms with E-state index in [9.17, 15) is 0 Å². The second kappa shape index (κ2) is 6.57. The van der Waals surface area contributed by atoms with E-state index < -0.39 is 0 Å². The zero-order chi connectivity index (χ0) is 12.3. The lowest BCUT2D eigenvalue weighted by molar-refractivity contribution is 0.603. The fraction of sp³-hybridized carbons (Fsp3) is 0.357. The summed E-state index contributed by atoms with van der Waals surface area (Å²) in [6.07, 6.45) is 5.13. The summed E-state index contributed by atoms with van der Waals surface area (Å²) in [5, 5.41) is 4.36. The van der Waals surface area contributed by atoms with Crippen molar-refractivity contribution in [3.8, 4) is 11.1 Å². The van der Waals surface area contributed by atoms with Crippen molar-refractivity contribution in [2.45, 2.75) is 33.4 Å². The Bertz CT molecular complexity index is 505. The molecule has 0 aliphatic heterocycles. The maximum absolute atomic E-state index is 5.73. The van der Waals surface area contributed by atoms with Gasteiger partial charge in [-0.25, -0.2) is 0 Å². The van der Waals surface area contributed by atoms with Crippen molar-refractivity contribution in [1.82, 2.24) is 9.78 Å². The number of hydrogen-bond donors (Lipinski definition) is 1. The van der Waals surface area contributed by atoms with E-state index in [0.717, 1.165) is 13.0 Å². The third kappa shape index (κ3) is 2.92. The van der Waals surface area contributed by atoms with Gasteiger partial charge in [0.1, 0.15) is 0 Å². The van der Waals surface area contributed by atoms with Crippen molar-refractivity contribution in [2.75, 3.05) is 0 Å². The SMILES string of the molecule is CCCn1cc(-c2cccc(CN)c2C)cn1.Cl. The minimum atomic E-state index is 0. The second-order valence-electron chi connectivity index (χ2n) is 4.29. The Morgan fingerprint density at radius 1 is 1.33 bits per heavy atom. The third-order valence-electron chi connectivity index (χ3n) is 3.06. The topological polar surface area (TPSA) is 43.8 Å². The molecule has 2 aromatic rings. The van der Waals surface area contributed by atoms with E-state index in [4.69, 9.17) is 5.73 Å². The fourth-order valence-corrected chi connectivity index (χ4v) is 2.07. The highest BCUT2D eigenvalue weighted by molar-refractivity contribution is 5.85. The molecule has 3 nitrogen and oxygen atoms in total. The summed E-state index contributed by atoms with van der Waals surface area (Å²) in [6.45, 7) is 5.83. The molecule has 2 rings (SSSR count). The van der Waals surface area contributed by atoms with Gasteiger partial charge < -0.3 is 5.73 Å². The van der Waals surface area contributed by atoms with Crippen LogP contribution >= 0.6 is 12.4 Å². The molecule has 0 aliphatic carbocycles. The second-order valence-corrected chi connectivity index (χ2v) is 4.29. The Labute approximate surface area is 114 Å². The van der Waals surface area contributed by atoms with Crippen molar-refractivity contribution < 1.29 is 0 Å². The molecule has 4 heteroatoms. The molecular weight excluding hydrogens is 246 g/mol. The molecule has 0 unspecified atom stereocenters. The lowest BCUT2D eigenvalue weighted by atomic mass is 9.99. The predicted molar refractivity (Wildman–Crippen MR) is 77.8 cm³/mol. The van der Waals surface area contributed by atoms with Gasteiger partial charge in [-0.15, -0.1) is 12.4 Å². The monoisotopic (exact) mass is 265 g/mol. The number of halogens is 1. The summed E-state index contributed by atoms with van der Waals surface area (Å²) in [7, 11) is 0. The standard InChI is InChI=1S/C14H19N3.ClH/c1-3-7-17-10-13(9-16-17)14-6-4-5-12(8-15)11(14)2;/h4-6,9-10H,3,7-8,15H2,1-2H3;1H. The first kappa shape index (κ1) is 14.7. The Hall–Kier alpha value is -1.32. The van der Waals surface area contributed by atoms with Gasteiger partial charge in [-0.05, 0) is 30.0 Å². The highest BCUT2D eigenvalue weighted by Crippen LogP contribution is 2.25. The number of rotatable bonds is 4. The van der Waals surface area contributed by atoms with Crippen molar-refractivity contribution in [3.63, 3.8) is 0 Å². The van der Waals surface area contributed by atoms with Gasteiger partial charge in [-0.2, -0.15) is 5.10 Å². The molecule has 0 radical (unpaired) electrons. The Morgan fingerprint density at radius 2 is 2.11 bits per heavy atom. The Morgan fingerprint density at radius 3 is 2.78 bits per heavy atom. The summed E-state index contributed by atoms with van der Waals surface area (Å²) >= 11 is 0. The average molecular weight is 266 g/mol. The van der Waals surface area contributed by atoms with Gasteiger partial charge in [0.25, 0.3) is 0 Å². The Kier molecular flexibility index (Phi) is 5.38. The van der Waals surface area contributed by atoms with Crippen molar-refractivity contribution >= 4 is 12.4 Å². The molecule has 1 aromatic heterocycles. The van der Waals surface area contributed by atoms with Crippen LogP contribution in [0.5, 0.6) is 0 Å². The van der Waals surface area contributed by atoms with Gasteiger partial charge in [-0.1, -0.05) is 25.1 Å². The number of aryl methyl sites for hydroxylation is 1. The molecule has 98 valence electrons. The first-order valence-electron chi connectivity index (χ1n) is 6.07. The molecule has 0 bridgehead atoms. The van der Waals surface area contributed by atoms with Crippen molar-refractivity contribution in [1.29, 1.82) is 0 Å². The molecule has 0 atom stereocenters. The molecule has 0 fully saturated rings. The van der Waals surface area contributed by atoms with Gasteiger partial charge in [0.15, 0.2) is 0 Å². The molecule has 1 aromatic carbocycles. The number of benzene rings is 1. The van der Waals surface area contributed by atoms with Crippen LogP contribution in [-0.4, -0.2) is 9.78 Å². The number of nitrogens with zero attached hydrogens (tertiary/aromatic N) is 2. The van der Waals surface area contributed by atoms with Crippen LogP contribution in [0.3, 0.4) is 0 Å². The molecule has 0 saturated carbocycles. The van der Waals surface area contributed by atoms with Gasteiger partial charge >= 0.3 is 0 Å². The first-order valence-corrected chi connectivity index (χ1v) is 6.07. The smallest absolute Gasteiger partial charge is 0.0568 e. The number of hydrogen-bond acceptors (Lipinski definition) is 2. The highest BCUT2D eigenvalue weighted by Gasteiger charge is 2.07. The molecule has 0 aliphatic rings. The first-order chi connectivity index (χ1) is 8.26. The van der Waals surface area contributed by atoms with Crippen LogP contribution < -0.4 is 5.73 Å². The van der Waals surface area contributed by atoms with Crippen LogP contribution in [0.2, 0.25) is 0 Å². The maximum Gasteiger partial charge on any atom is 0.0568 e. The average Bonchev–Trinajstić information content (AvgIpc) is 2.78. The van der Waals surface area contributed by atoms with Crippen LogP contribution in [0.25, 0.3) is 11.1 Å². The van der Waals surface area contributed by atoms with Crippen molar-refractivity contribution in [2.24, 2.45) is 5.73 Å². The summed E-state index contributed by atoms with van der Waals surface area (Å²) < 4.78 is 1.99. The molecule has 1 heterocycles. The van der Waals surface area contributed by atoms with Gasteiger partial charge in [0, 0.05) is 24.8 Å². The van der Waals surface area contributed by atoms with E-state index in [1.54, 1.807) is 0 Å². The van der Waals surface area contributed by atoms with Crippen LogP contribution in [0.15, 0.2) is 30.6 Å². The van der Waals surface area contributed by atoms with Crippen molar-refractivity contribution in [3.05, 3.63) is 41.7 Å². The summed E-state index contributed by atoms with van der Waals surface area (Å²) in [5.41, 5.74) is 10.6. The largest absolute Gasteiger partial charge is 0.326 e. The third-order valence-corrected chi connectivity index (χ3v) is 3.06. The van der Waals surface area contributed by atoms with E-state index in [-0.39, 0.29) is 12.4 Å². The van der Waals surface area contributed by atoms with Gasteiger partial charge in [-0.3, -0.25) is 4.68 Å². The highest BCUT2D eigenvalue weighted by atomic mass is 35.5. The maximum atomic E-state index is 5.73.